The molecule has 1 aliphatic rings. The average Bonchev–Trinajstić information content (AvgIpc) is 2.34. The molecule has 1 aromatic carbocycles. The van der Waals surface area contributed by atoms with E-state index in [9.17, 15) is 0 Å². The van der Waals surface area contributed by atoms with Gasteiger partial charge >= 0.3 is 0 Å². The molecule has 0 radical (unpaired) electrons. The second-order valence-electron chi connectivity index (χ2n) is 6.12. The minimum atomic E-state index is 0.681. The summed E-state index contributed by atoms with van der Waals surface area (Å²) in [6.07, 6.45) is 9.71. The molecule has 0 aliphatic heterocycles. The van der Waals surface area contributed by atoms with Crippen molar-refractivity contribution in [3.63, 3.8) is 0 Å². The third-order valence-corrected chi connectivity index (χ3v) is 3.93. The van der Waals surface area contributed by atoms with Crippen molar-refractivity contribution in [3.05, 3.63) is 29.8 Å². The lowest BCUT2D eigenvalue weighted by molar-refractivity contribution is 0.402. The highest BCUT2D eigenvalue weighted by Crippen LogP contribution is 2.21. The highest BCUT2D eigenvalue weighted by atomic mass is 15.0. The number of rotatable bonds is 4. The Morgan fingerprint density at radius 2 is 1.53 bits per heavy atom. The van der Waals surface area contributed by atoms with Crippen LogP contribution in [0.5, 0.6) is 0 Å². The van der Waals surface area contributed by atoms with Crippen molar-refractivity contribution in [2.45, 2.75) is 57.5 Å². The van der Waals surface area contributed by atoms with Gasteiger partial charge in [-0.3, -0.25) is 0 Å². The van der Waals surface area contributed by atoms with Crippen LogP contribution < -0.4 is 5.32 Å². The molecule has 0 spiro atoms. The summed E-state index contributed by atoms with van der Waals surface area (Å²) in [5.74, 6) is 0. The van der Waals surface area contributed by atoms with Crippen LogP contribution in [-0.2, 0) is 6.54 Å². The zero-order valence-corrected chi connectivity index (χ0v) is 12.5. The molecule has 0 aromatic heterocycles. The minimum absolute atomic E-state index is 0.681. The van der Waals surface area contributed by atoms with Gasteiger partial charge < -0.3 is 10.2 Å². The molecule has 2 nitrogen and oxygen atoms in total. The Morgan fingerprint density at radius 1 is 0.947 bits per heavy atom. The maximum absolute atomic E-state index is 3.72. The van der Waals surface area contributed by atoms with Crippen LogP contribution >= 0.6 is 0 Å². The van der Waals surface area contributed by atoms with Gasteiger partial charge in [0.1, 0.15) is 0 Å². The Hall–Kier alpha value is -1.02. The molecule has 2 heteroatoms. The first-order valence-electron chi connectivity index (χ1n) is 7.74. The highest BCUT2D eigenvalue weighted by molar-refractivity contribution is 5.45. The fourth-order valence-electron chi connectivity index (χ4n) is 2.91. The standard InChI is InChI=1S/C17H28N2/c1-19(2)14-15-10-12-17(13-11-15)18-16-8-6-4-3-5-7-9-16/h10-13,16,18H,3-9,14H2,1-2H3. The van der Waals surface area contributed by atoms with Crippen molar-refractivity contribution < 1.29 is 0 Å². The number of nitrogens with one attached hydrogen (secondary N) is 1. The normalized spacial score (nSPS) is 18.1. The van der Waals surface area contributed by atoms with E-state index in [1.165, 1.54) is 56.2 Å². The van der Waals surface area contributed by atoms with E-state index in [4.69, 9.17) is 0 Å². The summed E-state index contributed by atoms with van der Waals surface area (Å²) >= 11 is 0. The third kappa shape index (κ3) is 5.23. The van der Waals surface area contributed by atoms with E-state index in [1.54, 1.807) is 0 Å². The molecule has 1 saturated carbocycles. The van der Waals surface area contributed by atoms with Gasteiger partial charge in [-0.2, -0.15) is 0 Å². The number of nitrogens with zero attached hydrogens (tertiary/aromatic N) is 1. The van der Waals surface area contributed by atoms with Gasteiger partial charge in [0, 0.05) is 18.3 Å². The molecule has 106 valence electrons. The van der Waals surface area contributed by atoms with E-state index in [2.05, 4.69) is 48.6 Å². The second-order valence-corrected chi connectivity index (χ2v) is 6.12. The predicted octanol–water partition coefficient (Wildman–Crippen LogP) is 4.27. The van der Waals surface area contributed by atoms with Gasteiger partial charge in [-0.15, -0.1) is 0 Å². The number of hydrogen-bond acceptors (Lipinski definition) is 2. The van der Waals surface area contributed by atoms with E-state index in [0.29, 0.717) is 6.04 Å². The summed E-state index contributed by atoms with van der Waals surface area (Å²) < 4.78 is 0. The van der Waals surface area contributed by atoms with Gasteiger partial charge in [-0.1, -0.05) is 44.2 Å². The van der Waals surface area contributed by atoms with Gasteiger partial charge in [-0.05, 0) is 44.6 Å². The monoisotopic (exact) mass is 260 g/mol. The van der Waals surface area contributed by atoms with Crippen molar-refractivity contribution in [2.75, 3.05) is 19.4 Å². The summed E-state index contributed by atoms with van der Waals surface area (Å²) in [7, 11) is 4.22. The average molecular weight is 260 g/mol. The van der Waals surface area contributed by atoms with Gasteiger partial charge in [0.15, 0.2) is 0 Å². The van der Waals surface area contributed by atoms with E-state index >= 15 is 0 Å². The van der Waals surface area contributed by atoms with E-state index in [-0.39, 0.29) is 0 Å². The molecule has 0 bridgehead atoms. The van der Waals surface area contributed by atoms with Crippen LogP contribution in [0.1, 0.15) is 50.5 Å². The minimum Gasteiger partial charge on any atom is -0.382 e. The predicted molar refractivity (Wildman–Crippen MR) is 83.6 cm³/mol. The van der Waals surface area contributed by atoms with Gasteiger partial charge in [-0.25, -0.2) is 0 Å². The van der Waals surface area contributed by atoms with Crippen LogP contribution in [0.4, 0.5) is 5.69 Å². The molecule has 0 heterocycles. The van der Waals surface area contributed by atoms with Gasteiger partial charge in [0.05, 0.1) is 0 Å². The lowest BCUT2D eigenvalue weighted by Gasteiger charge is -2.22. The zero-order chi connectivity index (χ0) is 13.5. The van der Waals surface area contributed by atoms with Gasteiger partial charge in [0.2, 0.25) is 0 Å². The van der Waals surface area contributed by atoms with Crippen LogP contribution in [0, 0.1) is 0 Å². The Bertz CT molecular complexity index is 348. The first-order chi connectivity index (χ1) is 9.24. The van der Waals surface area contributed by atoms with Crippen LogP contribution in [0.25, 0.3) is 0 Å². The molecule has 1 aromatic rings. The SMILES string of the molecule is CN(C)Cc1ccc(NC2CCCCCCC2)cc1. The van der Waals surface area contributed by atoms with E-state index < -0.39 is 0 Å². The first-order valence-corrected chi connectivity index (χ1v) is 7.74. The van der Waals surface area contributed by atoms with Crippen molar-refractivity contribution in [3.8, 4) is 0 Å². The molecule has 2 rings (SSSR count). The smallest absolute Gasteiger partial charge is 0.0342 e. The highest BCUT2D eigenvalue weighted by Gasteiger charge is 2.10. The fraction of sp³-hybridized carbons (Fsp3) is 0.647. The topological polar surface area (TPSA) is 15.3 Å². The molecule has 0 atom stereocenters. The van der Waals surface area contributed by atoms with Crippen LogP contribution in [0.3, 0.4) is 0 Å². The van der Waals surface area contributed by atoms with Crippen LogP contribution in [0.2, 0.25) is 0 Å². The number of anilines is 1. The summed E-state index contributed by atoms with van der Waals surface area (Å²) in [6.45, 7) is 1.02. The Kier molecular flexibility index (Phi) is 5.71. The molecule has 1 fully saturated rings. The Balaban J connectivity index is 1.87. The fourth-order valence-corrected chi connectivity index (χ4v) is 2.91. The van der Waals surface area contributed by atoms with Crippen LogP contribution in [0.15, 0.2) is 24.3 Å². The number of benzene rings is 1. The maximum atomic E-state index is 3.72. The first kappa shape index (κ1) is 14.4. The molecule has 0 unspecified atom stereocenters. The summed E-state index contributed by atoms with van der Waals surface area (Å²) in [6, 6.07) is 9.63. The van der Waals surface area contributed by atoms with Crippen molar-refractivity contribution in [1.29, 1.82) is 0 Å². The molecule has 1 N–H and O–H groups in total. The van der Waals surface area contributed by atoms with E-state index in [0.717, 1.165) is 6.54 Å². The Labute approximate surface area is 118 Å². The quantitative estimate of drug-likeness (QED) is 0.869. The van der Waals surface area contributed by atoms with Gasteiger partial charge in [0.25, 0.3) is 0 Å². The Morgan fingerprint density at radius 3 is 2.11 bits per heavy atom. The zero-order valence-electron chi connectivity index (χ0n) is 12.5. The maximum Gasteiger partial charge on any atom is 0.0342 e. The summed E-state index contributed by atoms with van der Waals surface area (Å²) in [5, 5.41) is 3.72. The molecular weight excluding hydrogens is 232 g/mol. The largest absolute Gasteiger partial charge is 0.382 e. The van der Waals surface area contributed by atoms with E-state index in [1.807, 2.05) is 0 Å². The second kappa shape index (κ2) is 7.54. The molecule has 1 aliphatic carbocycles. The number of hydrogen-bond donors (Lipinski definition) is 1. The summed E-state index contributed by atoms with van der Waals surface area (Å²) in [4.78, 5) is 2.21. The molecule has 0 saturated heterocycles. The van der Waals surface area contributed by atoms with Crippen LogP contribution in [-0.4, -0.2) is 25.0 Å². The van der Waals surface area contributed by atoms with Crippen molar-refractivity contribution in [1.82, 2.24) is 4.90 Å². The third-order valence-electron chi connectivity index (χ3n) is 3.93. The molecule has 19 heavy (non-hydrogen) atoms. The molecule has 0 amide bonds. The van der Waals surface area contributed by atoms with Crippen molar-refractivity contribution in [2.24, 2.45) is 0 Å². The lowest BCUT2D eigenvalue weighted by atomic mass is 9.96. The lowest BCUT2D eigenvalue weighted by Crippen LogP contribution is -2.20. The molecular formula is C17H28N2. The summed E-state index contributed by atoms with van der Waals surface area (Å²) in [5.41, 5.74) is 2.67. The van der Waals surface area contributed by atoms with Crippen molar-refractivity contribution >= 4 is 5.69 Å².